The molecule has 3 aliphatic heterocycles. The molecule has 12 N–H and O–H groups in total. The van der Waals surface area contributed by atoms with Gasteiger partial charge in [-0.3, -0.25) is 4.79 Å². The van der Waals surface area contributed by atoms with Crippen LogP contribution in [-0.2, 0) is 33.2 Å². The summed E-state index contributed by atoms with van der Waals surface area (Å²) in [5.74, 6) is -0.237. The minimum atomic E-state index is -1.97. The SMILES string of the molecule is CCCCCCCCCC/C=C\CCCCCCCCCCCCCCCCCCCCCC(=O)NC(COC1OC(CO)C(OC2OC(CO)C(OC3OC(CO)C(O)C(O)C3O)C(O)C2O)C(O)C1O)C(O)CCCCCCCCCCCCCCC. The van der Waals surface area contributed by atoms with Crippen molar-refractivity contribution >= 4 is 5.91 Å². The van der Waals surface area contributed by atoms with Crippen LogP contribution in [0.4, 0.5) is 0 Å². The smallest absolute Gasteiger partial charge is 0.220 e. The van der Waals surface area contributed by atoms with Gasteiger partial charge in [0.1, 0.15) is 73.2 Å². The van der Waals surface area contributed by atoms with Gasteiger partial charge in [0.25, 0.3) is 0 Å². The van der Waals surface area contributed by atoms with E-state index in [-0.39, 0.29) is 18.9 Å². The quantitative estimate of drug-likeness (QED) is 0.0199. The Morgan fingerprint density at radius 2 is 0.708 bits per heavy atom. The van der Waals surface area contributed by atoms with Crippen molar-refractivity contribution in [1.29, 1.82) is 0 Å². The Kier molecular flexibility index (Phi) is 48.5. The van der Waals surface area contributed by atoms with E-state index in [2.05, 4.69) is 31.3 Å². The molecule has 3 heterocycles. The number of amides is 1. The first-order chi connectivity index (χ1) is 43.3. The summed E-state index contributed by atoms with van der Waals surface area (Å²) in [5.41, 5.74) is 0. The molecule has 0 aromatic heterocycles. The number of allylic oxidation sites excluding steroid dienone is 2. The van der Waals surface area contributed by atoms with Crippen LogP contribution >= 0.6 is 0 Å². The van der Waals surface area contributed by atoms with Crippen LogP contribution in [0.5, 0.6) is 0 Å². The molecule has 19 nitrogen and oxygen atoms in total. The number of rotatable bonds is 57. The molecule has 0 spiro atoms. The summed E-state index contributed by atoms with van der Waals surface area (Å²) in [4.78, 5) is 13.4. The molecule has 0 radical (unpaired) electrons. The fraction of sp³-hybridized carbons (Fsp3) is 0.957. The molecule has 17 atom stereocenters. The van der Waals surface area contributed by atoms with Gasteiger partial charge >= 0.3 is 0 Å². The van der Waals surface area contributed by atoms with Gasteiger partial charge in [0, 0.05) is 6.42 Å². The molecule has 19 heteroatoms. The predicted octanol–water partition coefficient (Wildman–Crippen LogP) is 10.1. The molecule has 3 rings (SSSR count). The molecule has 3 aliphatic rings. The van der Waals surface area contributed by atoms with Gasteiger partial charge in [0.15, 0.2) is 18.9 Å². The van der Waals surface area contributed by atoms with Crippen LogP contribution in [0.2, 0.25) is 0 Å². The van der Waals surface area contributed by atoms with E-state index in [0.29, 0.717) is 12.8 Å². The van der Waals surface area contributed by atoms with Crippen LogP contribution in [0.1, 0.15) is 296 Å². The van der Waals surface area contributed by atoms with Crippen molar-refractivity contribution in [3.05, 3.63) is 12.2 Å². The van der Waals surface area contributed by atoms with E-state index in [4.69, 9.17) is 28.4 Å². The summed E-state index contributed by atoms with van der Waals surface area (Å²) < 4.78 is 34.4. The van der Waals surface area contributed by atoms with Crippen molar-refractivity contribution in [3.63, 3.8) is 0 Å². The van der Waals surface area contributed by atoms with E-state index in [1.807, 2.05) is 0 Å². The van der Waals surface area contributed by atoms with Gasteiger partial charge < -0.3 is 89.9 Å². The van der Waals surface area contributed by atoms with Crippen LogP contribution in [0, 0.1) is 0 Å². The zero-order chi connectivity index (χ0) is 64.7. The second kappa shape index (κ2) is 52.8. The third-order valence-electron chi connectivity index (χ3n) is 18.6. The monoisotopic (exact) mass is 1280 g/mol. The number of hydrogen-bond donors (Lipinski definition) is 12. The van der Waals surface area contributed by atoms with Gasteiger partial charge in [-0.1, -0.05) is 264 Å². The molecule has 3 saturated heterocycles. The maximum atomic E-state index is 13.4. The largest absolute Gasteiger partial charge is 0.394 e. The zero-order valence-electron chi connectivity index (χ0n) is 55.7. The number of unbranched alkanes of at least 4 members (excludes halogenated alkanes) is 39. The normalized spacial score (nSPS) is 28.2. The first-order valence-electron chi connectivity index (χ1n) is 36.4. The summed E-state index contributed by atoms with van der Waals surface area (Å²) >= 11 is 0. The summed E-state index contributed by atoms with van der Waals surface area (Å²) in [6.45, 7) is 1.82. The van der Waals surface area contributed by atoms with Gasteiger partial charge in [0.05, 0.1) is 38.6 Å². The molecular weight excluding hydrogens is 1140 g/mol. The number of hydrogen-bond acceptors (Lipinski definition) is 18. The first kappa shape index (κ1) is 81.8. The van der Waals surface area contributed by atoms with Gasteiger partial charge in [0.2, 0.25) is 5.91 Å². The topological polar surface area (TPSA) is 307 Å². The summed E-state index contributed by atoms with van der Waals surface area (Å²) in [5, 5.41) is 121. The van der Waals surface area contributed by atoms with Gasteiger partial charge in [-0.2, -0.15) is 0 Å². The van der Waals surface area contributed by atoms with Crippen molar-refractivity contribution in [3.8, 4) is 0 Å². The Balaban J connectivity index is 1.35. The molecular formula is C70H133NO18. The van der Waals surface area contributed by atoms with E-state index in [1.54, 1.807) is 0 Å². The number of aliphatic hydroxyl groups is 11. The second-order valence-electron chi connectivity index (χ2n) is 26.4. The van der Waals surface area contributed by atoms with Crippen LogP contribution in [0.3, 0.4) is 0 Å². The minimum absolute atomic E-state index is 0.237. The highest BCUT2D eigenvalue weighted by Gasteiger charge is 2.53. The highest BCUT2D eigenvalue weighted by molar-refractivity contribution is 5.76. The molecule has 0 aromatic carbocycles. The van der Waals surface area contributed by atoms with Crippen LogP contribution < -0.4 is 5.32 Å². The molecule has 526 valence electrons. The van der Waals surface area contributed by atoms with Gasteiger partial charge in [-0.05, 0) is 38.5 Å². The van der Waals surface area contributed by atoms with Crippen molar-refractivity contribution < 1.29 is 89.4 Å². The zero-order valence-corrected chi connectivity index (χ0v) is 55.7. The molecule has 0 aromatic rings. The lowest BCUT2D eigenvalue weighted by Gasteiger charge is -2.48. The molecule has 89 heavy (non-hydrogen) atoms. The summed E-state index contributed by atoms with van der Waals surface area (Å²) in [7, 11) is 0. The standard InChI is InChI=1S/C70H133NO18/c1-3-5-7-9-11-13-15-17-18-19-20-21-22-23-24-25-26-27-28-29-30-31-32-33-34-36-38-40-42-44-46-48-58(76)71-53(54(75)47-45-43-41-39-37-35-16-14-12-10-8-6-4-2)52-84-68-64(82)61(79)66(56(50-73)86-68)89-70-65(83)62(80)67(57(51-74)87-70)88-69-63(81)60(78)59(77)55(49-72)85-69/h19-20,53-57,59-70,72-75,77-83H,3-18,21-52H2,1-2H3,(H,71,76)/b20-19-. The maximum absolute atomic E-state index is 13.4. The first-order valence-corrected chi connectivity index (χ1v) is 36.4. The minimum Gasteiger partial charge on any atom is -0.394 e. The predicted molar refractivity (Wildman–Crippen MR) is 347 cm³/mol. The van der Waals surface area contributed by atoms with E-state index in [0.717, 1.165) is 44.9 Å². The van der Waals surface area contributed by atoms with E-state index in [9.17, 15) is 61.0 Å². The lowest BCUT2D eigenvalue weighted by molar-refractivity contribution is -0.379. The molecule has 0 bridgehead atoms. The lowest BCUT2D eigenvalue weighted by Crippen LogP contribution is -2.66. The average molecular weight is 1280 g/mol. The number of carbonyl (C=O) groups is 1. The summed E-state index contributed by atoms with van der Waals surface area (Å²) in [6, 6.07) is -0.882. The summed E-state index contributed by atoms with van der Waals surface area (Å²) in [6.07, 6.45) is 31.7. The van der Waals surface area contributed by atoms with Crippen LogP contribution in [0.15, 0.2) is 12.2 Å². The van der Waals surface area contributed by atoms with E-state index < -0.39 is 124 Å². The van der Waals surface area contributed by atoms with E-state index in [1.165, 1.54) is 218 Å². The average Bonchev–Trinajstić information content (AvgIpc) is 1.92. The number of nitrogens with one attached hydrogen (secondary N) is 1. The Labute approximate surface area is 537 Å². The molecule has 0 saturated carbocycles. The van der Waals surface area contributed by atoms with E-state index >= 15 is 0 Å². The van der Waals surface area contributed by atoms with Crippen LogP contribution in [0.25, 0.3) is 0 Å². The Hall–Kier alpha value is -1.47. The third-order valence-corrected chi connectivity index (χ3v) is 18.6. The Bertz CT molecular complexity index is 1670. The number of carbonyl (C=O) groups excluding carboxylic acids is 1. The molecule has 17 unspecified atom stereocenters. The Morgan fingerprint density at radius 3 is 1.09 bits per heavy atom. The molecule has 0 aliphatic carbocycles. The number of aliphatic hydroxyl groups excluding tert-OH is 11. The lowest BCUT2D eigenvalue weighted by atomic mass is 9.96. The van der Waals surface area contributed by atoms with Crippen molar-refractivity contribution in [2.75, 3.05) is 26.4 Å². The van der Waals surface area contributed by atoms with Crippen LogP contribution in [-0.4, -0.2) is 193 Å². The second-order valence-corrected chi connectivity index (χ2v) is 26.4. The van der Waals surface area contributed by atoms with Crippen molar-refractivity contribution in [2.24, 2.45) is 0 Å². The fourth-order valence-corrected chi connectivity index (χ4v) is 12.7. The van der Waals surface area contributed by atoms with Crippen molar-refractivity contribution in [1.82, 2.24) is 5.32 Å². The number of ether oxygens (including phenoxy) is 6. The third kappa shape index (κ3) is 34.7. The van der Waals surface area contributed by atoms with Crippen molar-refractivity contribution in [2.45, 2.75) is 401 Å². The highest BCUT2D eigenvalue weighted by Crippen LogP contribution is 2.33. The molecule has 1 amide bonds. The highest BCUT2D eigenvalue weighted by atomic mass is 16.8. The van der Waals surface area contributed by atoms with Gasteiger partial charge in [-0.25, -0.2) is 0 Å². The van der Waals surface area contributed by atoms with Gasteiger partial charge in [-0.15, -0.1) is 0 Å². The molecule has 3 fully saturated rings. The fourth-order valence-electron chi connectivity index (χ4n) is 12.7. The maximum Gasteiger partial charge on any atom is 0.220 e. The Morgan fingerprint density at radius 1 is 0.393 bits per heavy atom.